The monoisotopic (exact) mass is 480 g/mol. The number of carbonyl (C=O) groups excluding carboxylic acids is 1. The molecule has 3 aliphatic rings. The molecule has 2 aromatic rings. The van der Waals surface area contributed by atoms with Crippen molar-refractivity contribution in [3.63, 3.8) is 0 Å². The second-order valence-corrected chi connectivity index (χ2v) is 10.7. The largest absolute Gasteiger partial charge is 0.354 e. The summed E-state index contributed by atoms with van der Waals surface area (Å²) in [5.41, 5.74) is 1.01. The average Bonchev–Trinajstić information content (AvgIpc) is 3.29. The molecule has 0 unspecified atom stereocenters. The van der Waals surface area contributed by atoms with Gasteiger partial charge >= 0.3 is 0 Å². The van der Waals surface area contributed by atoms with Crippen molar-refractivity contribution in [3.05, 3.63) is 23.7 Å². The number of aromatic amines is 1. The first kappa shape index (κ1) is 24.0. The van der Waals surface area contributed by atoms with Gasteiger partial charge in [0.05, 0.1) is 0 Å². The Bertz CT molecular complexity index is 993. The molecule has 0 aromatic carbocycles. The molecule has 4 heterocycles. The van der Waals surface area contributed by atoms with Crippen LogP contribution in [0.3, 0.4) is 0 Å². The van der Waals surface area contributed by atoms with Gasteiger partial charge in [0.25, 0.3) is 0 Å². The van der Waals surface area contributed by atoms with Crippen molar-refractivity contribution in [2.45, 2.75) is 58.3 Å². The van der Waals surface area contributed by atoms with Crippen LogP contribution in [-0.2, 0) is 11.2 Å². The molecule has 0 spiro atoms. The van der Waals surface area contributed by atoms with Crippen LogP contribution in [-0.4, -0.2) is 82.2 Å². The highest BCUT2D eigenvalue weighted by Gasteiger charge is 2.30. The molecule has 2 saturated heterocycles. The minimum atomic E-state index is 0.243. The number of nitrogens with zero attached hydrogens (tertiary/aromatic N) is 6. The Kier molecular flexibility index (Phi) is 7.51. The lowest BCUT2D eigenvalue weighted by Gasteiger charge is -2.36. The number of nitrogens with one attached hydrogen (secondary N) is 2. The normalized spacial score (nSPS) is 22.4. The molecule has 9 nitrogen and oxygen atoms in total. The number of hydrogen-bond donors (Lipinski definition) is 2. The van der Waals surface area contributed by atoms with Crippen LogP contribution in [0.1, 0.15) is 56.5 Å². The summed E-state index contributed by atoms with van der Waals surface area (Å²) in [6.07, 6.45) is 8.80. The SMILES string of the molecule is Cc1cc(Nc2cc(N3CCN(C)CC3)nc(C[C@H]3CCCN(C(=O)C4CCCCC4)C3)n2)n[nH]1. The van der Waals surface area contributed by atoms with Gasteiger partial charge in [0.1, 0.15) is 17.5 Å². The van der Waals surface area contributed by atoms with Crippen molar-refractivity contribution in [2.75, 3.05) is 56.5 Å². The second-order valence-electron chi connectivity index (χ2n) is 10.7. The van der Waals surface area contributed by atoms with Crippen LogP contribution in [0.25, 0.3) is 0 Å². The zero-order chi connectivity index (χ0) is 24.2. The summed E-state index contributed by atoms with van der Waals surface area (Å²) in [5.74, 6) is 4.40. The number of piperazine rings is 1. The molecule has 190 valence electrons. The topological polar surface area (TPSA) is 93.3 Å². The van der Waals surface area contributed by atoms with E-state index in [1.807, 2.05) is 19.1 Å². The van der Waals surface area contributed by atoms with E-state index in [2.05, 4.69) is 37.3 Å². The fourth-order valence-electron chi connectivity index (χ4n) is 5.75. The molecule has 2 N–H and O–H groups in total. The fourth-order valence-corrected chi connectivity index (χ4v) is 5.75. The molecular formula is C26H40N8O. The van der Waals surface area contributed by atoms with Gasteiger partial charge in [0.15, 0.2) is 5.82 Å². The Labute approximate surface area is 208 Å². The van der Waals surface area contributed by atoms with E-state index in [4.69, 9.17) is 9.97 Å². The summed E-state index contributed by atoms with van der Waals surface area (Å²) in [4.78, 5) is 29.9. The van der Waals surface area contributed by atoms with Gasteiger partial charge in [-0.3, -0.25) is 9.89 Å². The van der Waals surface area contributed by atoms with Crippen molar-refractivity contribution in [1.82, 2.24) is 30.0 Å². The van der Waals surface area contributed by atoms with Gasteiger partial charge < -0.3 is 20.0 Å². The highest BCUT2D eigenvalue weighted by atomic mass is 16.2. The molecular weight excluding hydrogens is 440 g/mol. The summed E-state index contributed by atoms with van der Waals surface area (Å²) in [5, 5.41) is 10.7. The molecule has 1 saturated carbocycles. The highest BCUT2D eigenvalue weighted by molar-refractivity contribution is 5.79. The minimum absolute atomic E-state index is 0.243. The van der Waals surface area contributed by atoms with Gasteiger partial charge in [-0.2, -0.15) is 5.10 Å². The first-order valence-electron chi connectivity index (χ1n) is 13.4. The number of piperidine rings is 1. The van der Waals surface area contributed by atoms with E-state index in [-0.39, 0.29) is 5.92 Å². The highest BCUT2D eigenvalue weighted by Crippen LogP contribution is 2.29. The third-order valence-electron chi connectivity index (χ3n) is 7.80. The lowest BCUT2D eigenvalue weighted by atomic mass is 9.87. The van der Waals surface area contributed by atoms with Crippen LogP contribution < -0.4 is 10.2 Å². The van der Waals surface area contributed by atoms with Gasteiger partial charge in [-0.05, 0) is 45.6 Å². The molecule has 1 amide bonds. The molecule has 0 radical (unpaired) electrons. The van der Waals surface area contributed by atoms with Crippen molar-refractivity contribution in [1.29, 1.82) is 0 Å². The van der Waals surface area contributed by atoms with Crippen molar-refractivity contribution >= 4 is 23.4 Å². The fraction of sp³-hybridized carbons (Fsp3) is 0.692. The number of aryl methyl sites for hydroxylation is 1. The number of H-pyrrole nitrogens is 1. The molecule has 5 rings (SSSR count). The number of likely N-dealkylation sites (N-methyl/N-ethyl adjacent to an activating group) is 1. The quantitative estimate of drug-likeness (QED) is 0.655. The van der Waals surface area contributed by atoms with Crippen LogP contribution in [0.4, 0.5) is 17.5 Å². The van der Waals surface area contributed by atoms with Gasteiger partial charge in [0.2, 0.25) is 5.91 Å². The van der Waals surface area contributed by atoms with E-state index in [1.54, 1.807) is 0 Å². The lowest BCUT2D eigenvalue weighted by Crippen LogP contribution is -2.45. The van der Waals surface area contributed by atoms with Crippen molar-refractivity contribution < 1.29 is 4.79 Å². The summed E-state index contributed by atoms with van der Waals surface area (Å²) >= 11 is 0. The Balaban J connectivity index is 1.31. The number of likely N-dealkylation sites (tertiary alicyclic amines) is 1. The summed E-state index contributed by atoms with van der Waals surface area (Å²) < 4.78 is 0. The summed E-state index contributed by atoms with van der Waals surface area (Å²) in [6.45, 7) is 7.70. The number of rotatable bonds is 6. The minimum Gasteiger partial charge on any atom is -0.354 e. The van der Waals surface area contributed by atoms with Gasteiger partial charge in [0, 0.05) is 69.4 Å². The molecule has 2 aliphatic heterocycles. The van der Waals surface area contributed by atoms with Gasteiger partial charge in [-0.15, -0.1) is 0 Å². The molecule has 2 aromatic heterocycles. The van der Waals surface area contributed by atoms with Crippen LogP contribution in [0.15, 0.2) is 12.1 Å². The standard InChI is InChI=1S/C26H40N8O/c1-19-15-24(31-30-19)28-23-17-25(33-13-11-32(2)12-14-33)29-22(27-23)16-20-7-6-10-34(18-20)26(35)21-8-4-3-5-9-21/h15,17,20-21H,3-14,16,18H2,1-2H3,(H2,27,28,29,30,31)/t20-/m1/s1. The third kappa shape index (κ3) is 6.12. The van der Waals surface area contributed by atoms with E-state index in [0.717, 1.165) is 100 Å². The smallest absolute Gasteiger partial charge is 0.225 e. The Morgan fingerprint density at radius 1 is 1.00 bits per heavy atom. The van der Waals surface area contributed by atoms with E-state index in [1.165, 1.54) is 19.3 Å². The number of anilines is 3. The molecule has 1 atom stereocenters. The van der Waals surface area contributed by atoms with E-state index < -0.39 is 0 Å². The maximum atomic E-state index is 13.2. The van der Waals surface area contributed by atoms with Crippen molar-refractivity contribution in [2.24, 2.45) is 11.8 Å². The number of aromatic nitrogens is 4. The second kappa shape index (κ2) is 10.9. The number of carbonyl (C=O) groups is 1. The van der Waals surface area contributed by atoms with Crippen LogP contribution >= 0.6 is 0 Å². The van der Waals surface area contributed by atoms with E-state index in [0.29, 0.717) is 11.8 Å². The number of amides is 1. The maximum absolute atomic E-state index is 13.2. The lowest BCUT2D eigenvalue weighted by molar-refractivity contribution is -0.138. The zero-order valence-electron chi connectivity index (χ0n) is 21.3. The molecule has 35 heavy (non-hydrogen) atoms. The molecule has 3 fully saturated rings. The van der Waals surface area contributed by atoms with Crippen LogP contribution in [0.5, 0.6) is 0 Å². The molecule has 0 bridgehead atoms. The maximum Gasteiger partial charge on any atom is 0.225 e. The zero-order valence-corrected chi connectivity index (χ0v) is 21.3. The van der Waals surface area contributed by atoms with E-state index in [9.17, 15) is 4.79 Å². The molecule has 9 heteroatoms. The van der Waals surface area contributed by atoms with E-state index >= 15 is 0 Å². The summed E-state index contributed by atoms with van der Waals surface area (Å²) in [6, 6.07) is 4.02. The van der Waals surface area contributed by atoms with Crippen LogP contribution in [0.2, 0.25) is 0 Å². The Hall–Kier alpha value is -2.68. The van der Waals surface area contributed by atoms with Gasteiger partial charge in [-0.1, -0.05) is 19.3 Å². The average molecular weight is 481 g/mol. The first-order valence-corrected chi connectivity index (χ1v) is 13.4. The van der Waals surface area contributed by atoms with Gasteiger partial charge in [-0.25, -0.2) is 9.97 Å². The molecule has 1 aliphatic carbocycles. The third-order valence-corrected chi connectivity index (χ3v) is 7.80. The van der Waals surface area contributed by atoms with Crippen LogP contribution in [0, 0.1) is 18.8 Å². The Morgan fingerprint density at radius 2 is 1.80 bits per heavy atom. The Morgan fingerprint density at radius 3 is 2.54 bits per heavy atom. The van der Waals surface area contributed by atoms with Crippen molar-refractivity contribution in [3.8, 4) is 0 Å². The first-order chi connectivity index (χ1) is 17.0. The predicted molar refractivity (Wildman–Crippen MR) is 138 cm³/mol. The predicted octanol–water partition coefficient (Wildman–Crippen LogP) is 3.36. The summed E-state index contributed by atoms with van der Waals surface area (Å²) in [7, 11) is 2.17. The number of hydrogen-bond acceptors (Lipinski definition) is 7.